The van der Waals surface area contributed by atoms with Crippen LogP contribution in [0.1, 0.15) is 0 Å². The third kappa shape index (κ3) is 8.76. The molecule has 0 rings (SSSR count). The lowest BCUT2D eigenvalue weighted by molar-refractivity contribution is -0.353. The normalized spacial score (nSPS) is 15.5. The van der Waals surface area contributed by atoms with Crippen molar-refractivity contribution in [2.24, 2.45) is 0 Å². The molecular weight excluding hydrogens is 242 g/mol. The van der Waals surface area contributed by atoms with Crippen LogP contribution in [0.4, 0.5) is 0 Å². The number of rotatable bonds is 6. The van der Waals surface area contributed by atoms with E-state index in [1.165, 1.54) is 0 Å². The Bertz CT molecular complexity index is 251. The van der Waals surface area contributed by atoms with Crippen LogP contribution in [0.15, 0.2) is 0 Å². The van der Waals surface area contributed by atoms with Crippen LogP contribution in [0, 0.1) is 0 Å². The summed E-state index contributed by atoms with van der Waals surface area (Å²) < 4.78 is 27.1. The summed E-state index contributed by atoms with van der Waals surface area (Å²) in [6, 6.07) is 0. The lowest BCUT2D eigenvalue weighted by Gasteiger charge is -2.35. The van der Waals surface area contributed by atoms with Crippen LogP contribution in [-0.2, 0) is 18.2 Å². The maximum atomic E-state index is 9.98. The van der Waals surface area contributed by atoms with Crippen LogP contribution in [0.3, 0.4) is 0 Å². The molecule has 9 nitrogen and oxygen atoms in total. The molecule has 0 aromatic carbocycles. The van der Waals surface area contributed by atoms with E-state index in [2.05, 4.69) is 9.05 Å². The maximum absolute atomic E-state index is 9.98. The van der Waals surface area contributed by atoms with E-state index in [9.17, 15) is 28.7 Å². The minimum atomic E-state index is -5.35. The van der Waals surface area contributed by atoms with Crippen LogP contribution in [0.5, 0.6) is 0 Å². The van der Waals surface area contributed by atoms with E-state index in [0.717, 1.165) is 0 Å². The van der Waals surface area contributed by atoms with Gasteiger partial charge in [0.15, 0.2) is 0 Å². The van der Waals surface area contributed by atoms with Crippen molar-refractivity contribution in [1.82, 2.24) is 0 Å². The number of phosphoric acid groups is 2. The van der Waals surface area contributed by atoms with Crippen molar-refractivity contribution in [2.75, 3.05) is 13.2 Å². The average molecular weight is 248 g/mol. The number of phosphoric ester groups is 2. The molecule has 86 valence electrons. The fourth-order valence-corrected chi connectivity index (χ4v) is 1.31. The maximum Gasteiger partial charge on any atom is 0.109 e. The Morgan fingerprint density at radius 2 is 1.64 bits per heavy atom. The molecule has 0 aliphatic carbocycles. The van der Waals surface area contributed by atoms with Crippen molar-refractivity contribution < 1.29 is 42.9 Å². The summed E-state index contributed by atoms with van der Waals surface area (Å²) in [5.41, 5.74) is 0. The molecular formula is C3H6O9P2-4. The molecule has 0 aliphatic heterocycles. The Hall–Kier alpha value is 0.180. The second kappa shape index (κ2) is 5.32. The zero-order chi connectivity index (χ0) is 11.4. The van der Waals surface area contributed by atoms with Gasteiger partial charge in [-0.1, -0.05) is 0 Å². The Balaban J connectivity index is 4.06. The number of hydrogen-bond acceptors (Lipinski definition) is 9. The second-order valence-corrected chi connectivity index (χ2v) is 4.36. The zero-order valence-electron chi connectivity index (χ0n) is 6.60. The summed E-state index contributed by atoms with van der Waals surface area (Å²) in [7, 11) is -10.6. The molecule has 0 amide bonds. The average Bonchev–Trinajstić information content (AvgIpc) is 1.94. The van der Waals surface area contributed by atoms with Crippen molar-refractivity contribution in [2.45, 2.75) is 6.10 Å². The minimum absolute atomic E-state index is 0.978. The largest absolute Gasteiger partial charge is 0.790 e. The van der Waals surface area contributed by atoms with Crippen LogP contribution < -0.4 is 19.6 Å². The monoisotopic (exact) mass is 248 g/mol. The fourth-order valence-electron chi connectivity index (χ4n) is 0.473. The number of hydrogen-bond donors (Lipinski definition) is 1. The predicted octanol–water partition coefficient (Wildman–Crippen LogP) is -3.96. The Morgan fingerprint density at radius 3 is 1.93 bits per heavy atom. The van der Waals surface area contributed by atoms with Crippen molar-refractivity contribution in [1.29, 1.82) is 0 Å². The Morgan fingerprint density at radius 1 is 1.14 bits per heavy atom. The third-order valence-corrected chi connectivity index (χ3v) is 1.92. The first-order chi connectivity index (χ1) is 6.14. The molecule has 1 N–H and O–H groups in total. The smallest absolute Gasteiger partial charge is 0.109 e. The third-order valence-electron chi connectivity index (χ3n) is 0.900. The lowest BCUT2D eigenvalue weighted by atomic mass is 10.4. The Kier molecular flexibility index (Phi) is 5.38. The SMILES string of the molecule is O=P([O-])([O-])OCC(CO)OP(=O)([O-])[O-]. The first-order valence-corrected chi connectivity index (χ1v) is 6.04. The molecule has 0 radical (unpaired) electrons. The van der Waals surface area contributed by atoms with E-state index in [1.807, 2.05) is 0 Å². The van der Waals surface area contributed by atoms with Gasteiger partial charge in [0.25, 0.3) is 0 Å². The summed E-state index contributed by atoms with van der Waals surface area (Å²) in [6.07, 6.45) is -1.70. The Labute approximate surface area is 78.8 Å². The molecule has 0 saturated heterocycles. The van der Waals surface area contributed by atoms with Crippen molar-refractivity contribution in [3.8, 4) is 0 Å². The first kappa shape index (κ1) is 14.2. The number of aliphatic hydroxyl groups excluding tert-OH is 1. The molecule has 0 spiro atoms. The van der Waals surface area contributed by atoms with E-state index in [1.54, 1.807) is 0 Å². The quantitative estimate of drug-likeness (QED) is 0.461. The molecule has 0 bridgehead atoms. The standard InChI is InChI=1S/C3H10O9P2/c4-1-3(12-14(8,9)10)2-11-13(5,6)7/h3-4H,1-2H2,(H2,5,6,7)(H2,8,9,10)/p-4. The molecule has 1 unspecified atom stereocenters. The van der Waals surface area contributed by atoms with E-state index in [0.29, 0.717) is 0 Å². The summed E-state index contributed by atoms with van der Waals surface area (Å²) in [5, 5.41) is 8.39. The molecule has 0 aromatic heterocycles. The van der Waals surface area contributed by atoms with Gasteiger partial charge in [0, 0.05) is 0 Å². The van der Waals surface area contributed by atoms with Gasteiger partial charge in [0.1, 0.15) is 6.10 Å². The first-order valence-electron chi connectivity index (χ1n) is 3.12. The molecule has 0 heterocycles. The summed E-state index contributed by atoms with van der Waals surface area (Å²) in [5.74, 6) is 0. The van der Waals surface area contributed by atoms with E-state index in [4.69, 9.17) is 5.11 Å². The fraction of sp³-hybridized carbons (Fsp3) is 1.00. The van der Waals surface area contributed by atoms with Gasteiger partial charge in [-0.05, 0) is 0 Å². The molecule has 11 heteroatoms. The van der Waals surface area contributed by atoms with E-state index < -0.39 is 35.0 Å². The molecule has 0 saturated carbocycles. The van der Waals surface area contributed by atoms with Crippen LogP contribution >= 0.6 is 15.6 Å². The van der Waals surface area contributed by atoms with Crippen molar-refractivity contribution >= 4 is 15.6 Å². The minimum Gasteiger partial charge on any atom is -0.790 e. The van der Waals surface area contributed by atoms with Gasteiger partial charge in [-0.3, -0.25) is 0 Å². The summed E-state index contributed by atoms with van der Waals surface area (Å²) in [6.45, 7) is -2.01. The highest BCUT2D eigenvalue weighted by atomic mass is 31.2. The van der Waals surface area contributed by atoms with E-state index >= 15 is 0 Å². The molecule has 0 aromatic rings. The van der Waals surface area contributed by atoms with Gasteiger partial charge >= 0.3 is 0 Å². The van der Waals surface area contributed by atoms with Crippen LogP contribution in [0.25, 0.3) is 0 Å². The van der Waals surface area contributed by atoms with Crippen LogP contribution in [-0.4, -0.2) is 24.4 Å². The van der Waals surface area contributed by atoms with Gasteiger partial charge < -0.3 is 42.9 Å². The van der Waals surface area contributed by atoms with E-state index in [-0.39, 0.29) is 0 Å². The predicted molar refractivity (Wildman–Crippen MR) is 33.1 cm³/mol. The lowest BCUT2D eigenvalue weighted by Crippen LogP contribution is -2.30. The molecule has 14 heavy (non-hydrogen) atoms. The molecule has 0 aliphatic rings. The van der Waals surface area contributed by atoms with Gasteiger partial charge in [0.05, 0.1) is 28.9 Å². The van der Waals surface area contributed by atoms with Gasteiger partial charge in [-0.2, -0.15) is 0 Å². The number of aliphatic hydroxyl groups is 1. The van der Waals surface area contributed by atoms with Gasteiger partial charge in [0.2, 0.25) is 0 Å². The highest BCUT2D eigenvalue weighted by molar-refractivity contribution is 7.43. The summed E-state index contributed by atoms with van der Waals surface area (Å²) in [4.78, 5) is 39.8. The summed E-state index contributed by atoms with van der Waals surface area (Å²) >= 11 is 0. The highest BCUT2D eigenvalue weighted by Crippen LogP contribution is 2.30. The topological polar surface area (TPSA) is 165 Å². The zero-order valence-corrected chi connectivity index (χ0v) is 8.39. The van der Waals surface area contributed by atoms with Gasteiger partial charge in [-0.15, -0.1) is 0 Å². The van der Waals surface area contributed by atoms with Crippen LogP contribution in [0.2, 0.25) is 0 Å². The van der Waals surface area contributed by atoms with Crippen molar-refractivity contribution in [3.63, 3.8) is 0 Å². The van der Waals surface area contributed by atoms with Crippen molar-refractivity contribution in [3.05, 3.63) is 0 Å². The molecule has 0 fully saturated rings. The highest BCUT2D eigenvalue weighted by Gasteiger charge is 2.10. The van der Waals surface area contributed by atoms with Gasteiger partial charge in [-0.25, -0.2) is 0 Å². The second-order valence-electron chi connectivity index (χ2n) is 2.10. The molecule has 1 atom stereocenters.